The van der Waals surface area contributed by atoms with Crippen LogP contribution in [0, 0.1) is 6.92 Å². The Labute approximate surface area is 298 Å². The minimum atomic E-state index is -0.470. The molecule has 1 amide bonds. The zero-order chi connectivity index (χ0) is 34.7. The van der Waals surface area contributed by atoms with Crippen molar-refractivity contribution in [2.75, 3.05) is 11.4 Å². The molecule has 0 atom stereocenters. The van der Waals surface area contributed by atoms with Crippen molar-refractivity contribution in [1.82, 2.24) is 9.47 Å². The molecule has 0 aliphatic carbocycles. The molecule has 2 heterocycles. The number of nitrogens with zero attached hydrogens (tertiary/aromatic N) is 3. The number of carbonyl (C=O) groups is 1. The van der Waals surface area contributed by atoms with E-state index in [0.717, 1.165) is 55.9 Å². The van der Waals surface area contributed by atoms with Gasteiger partial charge in [0.2, 0.25) is 5.88 Å². The third-order valence-electron chi connectivity index (χ3n) is 8.04. The summed E-state index contributed by atoms with van der Waals surface area (Å²) < 4.78 is 2.14. The molecular weight excluding hydrogens is 671 g/mol. The Morgan fingerprint density at radius 3 is 2.02 bits per heavy atom. The number of anilines is 3. The number of amides is 1. The fraction of sp³-hybridized carbons (Fsp3) is 0.103. The van der Waals surface area contributed by atoms with Crippen molar-refractivity contribution in [3.63, 3.8) is 0 Å². The molecule has 1 fully saturated rings. The molecule has 49 heavy (non-hydrogen) atoms. The summed E-state index contributed by atoms with van der Waals surface area (Å²) in [6, 6.07) is 35.0. The minimum Gasteiger partial charge on any atom is -0.322 e. The summed E-state index contributed by atoms with van der Waals surface area (Å²) in [6.07, 6.45) is 3.92. The molecule has 1 aliphatic rings. The Morgan fingerprint density at radius 2 is 1.47 bits per heavy atom. The maximum atomic E-state index is 13.5. The third kappa shape index (κ3) is 7.09. The van der Waals surface area contributed by atoms with E-state index in [1.807, 2.05) is 49.4 Å². The van der Waals surface area contributed by atoms with Crippen LogP contribution in [0.15, 0.2) is 115 Å². The second kappa shape index (κ2) is 14.6. The van der Waals surface area contributed by atoms with Gasteiger partial charge in [-0.15, -0.1) is 11.3 Å². The lowest BCUT2D eigenvalue weighted by Gasteiger charge is -2.26. The Kier molecular flexibility index (Phi) is 10.1. The first-order valence-electron chi connectivity index (χ1n) is 15.5. The molecule has 0 bridgehead atoms. The zero-order valence-electron chi connectivity index (χ0n) is 27.1. The Morgan fingerprint density at radius 1 is 0.898 bits per heavy atom. The van der Waals surface area contributed by atoms with Gasteiger partial charge in [0.15, 0.2) is 0 Å². The van der Waals surface area contributed by atoms with Crippen molar-refractivity contribution in [2.24, 2.45) is 0 Å². The van der Waals surface area contributed by atoms with E-state index < -0.39 is 5.56 Å². The van der Waals surface area contributed by atoms with Gasteiger partial charge in [-0.25, -0.2) is 9.82 Å². The summed E-state index contributed by atoms with van der Waals surface area (Å²) in [5, 5.41) is 9.37. The fourth-order valence-corrected chi connectivity index (χ4v) is 8.09. The largest absolute Gasteiger partial charge is 0.322 e. The number of thiazole rings is 1. The normalized spacial score (nSPS) is 14.8. The minimum absolute atomic E-state index is 0.285. The quantitative estimate of drug-likeness (QED) is 0.0549. The van der Waals surface area contributed by atoms with Gasteiger partial charge >= 0.3 is 0 Å². The molecule has 1 aliphatic heterocycles. The topological polar surface area (TPSA) is 75.0 Å². The van der Waals surface area contributed by atoms with E-state index in [0.29, 0.717) is 20.1 Å². The highest BCUT2D eigenvalue weighted by molar-refractivity contribution is 8.30. The van der Waals surface area contributed by atoms with E-state index in [1.165, 1.54) is 21.6 Å². The number of allylic oxidation sites excluding steroid dienone is 1. The van der Waals surface area contributed by atoms with E-state index in [2.05, 4.69) is 97.0 Å². The summed E-state index contributed by atoms with van der Waals surface area (Å²) in [6.45, 7) is 10.1. The number of rotatable bonds is 9. The number of aromatic nitrogens is 1. The summed E-state index contributed by atoms with van der Waals surface area (Å²) in [7, 11) is 0. The molecule has 7 nitrogen and oxygen atoms in total. The van der Waals surface area contributed by atoms with Crippen molar-refractivity contribution in [2.45, 2.75) is 20.8 Å². The maximum Gasteiger partial charge on any atom is 0.276 e. The van der Waals surface area contributed by atoms with E-state index in [4.69, 9.17) is 12.2 Å². The molecule has 4 aromatic carbocycles. The van der Waals surface area contributed by atoms with Gasteiger partial charge in [-0.2, -0.15) is 0 Å². The van der Waals surface area contributed by atoms with Crippen molar-refractivity contribution in [3.05, 3.63) is 152 Å². The first-order valence-corrected chi connectivity index (χ1v) is 17.6. The van der Waals surface area contributed by atoms with Gasteiger partial charge in [-0.3, -0.25) is 14.5 Å². The van der Waals surface area contributed by atoms with E-state index >= 15 is 0 Å². The molecular formula is C39H33N3O4S3. The third-order valence-corrected chi connectivity index (χ3v) is 10.7. The van der Waals surface area contributed by atoms with E-state index in [9.17, 15) is 14.8 Å². The van der Waals surface area contributed by atoms with Crippen LogP contribution >= 0.6 is 35.3 Å². The van der Waals surface area contributed by atoms with Gasteiger partial charge < -0.3 is 9.79 Å². The monoisotopic (exact) mass is 703 g/mol. The molecule has 0 saturated carbocycles. The smallest absolute Gasteiger partial charge is 0.276 e. The summed E-state index contributed by atoms with van der Waals surface area (Å²) in [5.74, 6) is -0.612. The predicted octanol–water partition coefficient (Wildman–Crippen LogP) is 7.98. The SMILES string of the molecule is C=C(OO)n1c(=O)/c(=C/c2ccc(N(c3ccc(C)cc3)c3ccc(C=C(C)c4ccccc4)cc3)cc2)s/c1=C1/SC(=S)N(CC)C1=O. The zero-order valence-corrected chi connectivity index (χ0v) is 29.6. The molecule has 1 saturated heterocycles. The van der Waals surface area contributed by atoms with Crippen LogP contribution in [0.2, 0.25) is 0 Å². The highest BCUT2D eigenvalue weighted by atomic mass is 32.2. The molecule has 0 radical (unpaired) electrons. The lowest BCUT2D eigenvalue weighted by molar-refractivity contribution is -0.176. The average molecular weight is 704 g/mol. The Bertz CT molecular complexity index is 2260. The Balaban J connectivity index is 1.37. The van der Waals surface area contributed by atoms with Gasteiger partial charge in [0, 0.05) is 23.6 Å². The summed E-state index contributed by atoms with van der Waals surface area (Å²) in [5.41, 5.74) is 7.90. The van der Waals surface area contributed by atoms with Crippen LogP contribution in [-0.2, 0) is 9.68 Å². The maximum absolute atomic E-state index is 13.5. The number of hydrogen-bond donors (Lipinski definition) is 1. The number of benzene rings is 4. The molecule has 10 heteroatoms. The lowest BCUT2D eigenvalue weighted by atomic mass is 10.0. The number of aryl methyl sites for hydroxylation is 1. The summed E-state index contributed by atoms with van der Waals surface area (Å²) in [4.78, 5) is 34.9. The second-order valence-corrected chi connectivity index (χ2v) is 14.0. The van der Waals surface area contributed by atoms with Crippen molar-refractivity contribution in [3.8, 4) is 0 Å². The molecule has 246 valence electrons. The predicted molar refractivity (Wildman–Crippen MR) is 207 cm³/mol. The van der Waals surface area contributed by atoms with Gasteiger partial charge in [-0.05, 0) is 92.1 Å². The standard InChI is InChI=1S/C39H33N3O4S3/c1-5-40-37(44)35(49-39(40)47)38-41(27(4)46-45)36(43)34(48-38)24-29-15-21-33(22-16-29)42(31-17-11-25(2)12-18-31)32-19-13-28(14-20-32)23-26(3)30-9-7-6-8-10-30/h6-24,45H,4-5H2,1-3H3/b26-23?,34-24-,38-35+. The van der Waals surface area contributed by atoms with Crippen LogP contribution in [0.4, 0.5) is 17.1 Å². The lowest BCUT2D eigenvalue weighted by Crippen LogP contribution is -2.33. The molecule has 5 aromatic rings. The van der Waals surface area contributed by atoms with Gasteiger partial charge in [-0.1, -0.05) is 102 Å². The number of thioether (sulfide) groups is 1. The van der Waals surface area contributed by atoms with E-state index in [1.54, 1.807) is 6.08 Å². The number of thiocarbonyl (C=S) groups is 1. The van der Waals surface area contributed by atoms with Crippen LogP contribution in [-0.4, -0.2) is 31.5 Å². The molecule has 1 N–H and O–H groups in total. The summed E-state index contributed by atoms with van der Waals surface area (Å²) >= 11 is 7.59. The van der Waals surface area contributed by atoms with Crippen LogP contribution in [0.3, 0.4) is 0 Å². The van der Waals surface area contributed by atoms with Gasteiger partial charge in [0.1, 0.15) is 13.9 Å². The number of hydrogen-bond acceptors (Lipinski definition) is 8. The van der Waals surface area contributed by atoms with Crippen LogP contribution in [0.5, 0.6) is 0 Å². The van der Waals surface area contributed by atoms with Gasteiger partial charge in [0.25, 0.3) is 11.5 Å². The Hall–Kier alpha value is -5.00. The van der Waals surface area contributed by atoms with Crippen LogP contribution in [0.1, 0.15) is 36.1 Å². The molecule has 6 rings (SSSR count). The van der Waals surface area contributed by atoms with Gasteiger partial charge in [0.05, 0.1) is 4.53 Å². The average Bonchev–Trinajstić information content (AvgIpc) is 3.60. The first kappa shape index (κ1) is 33.9. The fourth-order valence-electron chi connectivity index (χ4n) is 5.47. The second-order valence-electron chi connectivity index (χ2n) is 11.3. The van der Waals surface area contributed by atoms with Crippen LogP contribution < -0.4 is 19.7 Å². The molecule has 1 aromatic heterocycles. The van der Waals surface area contributed by atoms with Crippen LogP contribution in [0.25, 0.3) is 28.5 Å². The first-order chi connectivity index (χ1) is 23.7. The highest BCUT2D eigenvalue weighted by Gasteiger charge is 2.33. The van der Waals surface area contributed by atoms with E-state index in [-0.39, 0.29) is 16.7 Å². The van der Waals surface area contributed by atoms with Crippen molar-refractivity contribution >= 4 is 91.1 Å². The molecule has 0 unspecified atom stereocenters. The number of carbonyl (C=O) groups excluding carboxylic acids is 1. The highest BCUT2D eigenvalue weighted by Crippen LogP contribution is 2.35. The van der Waals surface area contributed by atoms with Crippen molar-refractivity contribution < 1.29 is 14.9 Å². The molecule has 0 spiro atoms. The van der Waals surface area contributed by atoms with Crippen molar-refractivity contribution in [1.29, 1.82) is 0 Å².